The first-order valence-corrected chi connectivity index (χ1v) is 20.8. The lowest BCUT2D eigenvalue weighted by Crippen LogP contribution is -2.28. The maximum atomic E-state index is 2.46. The molecule has 1 aliphatic rings. The van der Waals surface area contributed by atoms with E-state index in [-0.39, 0.29) is 0 Å². The third-order valence-corrected chi connectivity index (χ3v) is 12.9. The number of hydrogen-bond donors (Lipinski definition) is 0. The third kappa shape index (κ3) is 5.26. The molecule has 0 bridgehead atoms. The van der Waals surface area contributed by atoms with Gasteiger partial charge in [-0.05, 0) is 130 Å². The summed E-state index contributed by atoms with van der Waals surface area (Å²) in [4.78, 5) is 2.44. The van der Waals surface area contributed by atoms with Crippen LogP contribution in [0.25, 0.3) is 65.3 Å². The van der Waals surface area contributed by atoms with Gasteiger partial charge in [0.2, 0.25) is 0 Å². The second kappa shape index (κ2) is 13.7. The van der Waals surface area contributed by atoms with Crippen LogP contribution in [-0.2, 0) is 5.41 Å². The van der Waals surface area contributed by atoms with Gasteiger partial charge in [0.25, 0.3) is 0 Å². The molecule has 0 amide bonds. The molecule has 11 aromatic rings. The standard InChI is InChI=1S/C59H39N/c1-3-15-46(16-4-1)59(47-17-5-2-6-18-47)57-22-12-11-21-55(57)56-36-33-50(39-58(56)59)60(49-32-35-54-45(38-49)26-24-42-14-8-10-20-52(42)54)48-30-27-40(28-31-48)43-29-34-53-44(37-43)25-23-41-13-7-9-19-51(41)53/h1-39H. The summed E-state index contributed by atoms with van der Waals surface area (Å²) in [6, 6.07) is 87.5. The molecule has 0 saturated heterocycles. The molecule has 1 aliphatic carbocycles. The van der Waals surface area contributed by atoms with Crippen LogP contribution < -0.4 is 4.90 Å². The fourth-order valence-electron chi connectivity index (χ4n) is 10.2. The van der Waals surface area contributed by atoms with Crippen molar-refractivity contribution < 1.29 is 0 Å². The Morgan fingerprint density at radius 1 is 0.267 bits per heavy atom. The van der Waals surface area contributed by atoms with Crippen molar-refractivity contribution in [1.82, 2.24) is 0 Å². The maximum absolute atomic E-state index is 2.46. The van der Waals surface area contributed by atoms with Gasteiger partial charge >= 0.3 is 0 Å². The van der Waals surface area contributed by atoms with E-state index >= 15 is 0 Å². The molecule has 11 aromatic carbocycles. The molecule has 0 N–H and O–H groups in total. The van der Waals surface area contributed by atoms with Crippen molar-refractivity contribution in [2.45, 2.75) is 5.41 Å². The smallest absolute Gasteiger partial charge is 0.0714 e. The van der Waals surface area contributed by atoms with Gasteiger partial charge in [0.05, 0.1) is 5.41 Å². The molecule has 12 rings (SSSR count). The zero-order valence-corrected chi connectivity index (χ0v) is 33.0. The molecule has 1 heteroatoms. The van der Waals surface area contributed by atoms with E-state index in [1.807, 2.05) is 0 Å². The molecule has 0 saturated carbocycles. The van der Waals surface area contributed by atoms with E-state index in [0.29, 0.717) is 0 Å². The molecule has 0 unspecified atom stereocenters. The number of fused-ring (bicyclic) bond motifs is 9. The van der Waals surface area contributed by atoms with Gasteiger partial charge in [-0.1, -0.05) is 194 Å². The van der Waals surface area contributed by atoms with E-state index in [1.54, 1.807) is 0 Å². The van der Waals surface area contributed by atoms with Gasteiger partial charge in [-0.3, -0.25) is 0 Å². The highest BCUT2D eigenvalue weighted by molar-refractivity contribution is 6.09. The van der Waals surface area contributed by atoms with E-state index in [2.05, 4.69) is 241 Å². The summed E-state index contributed by atoms with van der Waals surface area (Å²) in [5.74, 6) is 0. The molecule has 1 nitrogen and oxygen atoms in total. The Bertz CT molecular complexity index is 3380. The lowest BCUT2D eigenvalue weighted by atomic mass is 9.67. The highest BCUT2D eigenvalue weighted by Gasteiger charge is 2.46. The van der Waals surface area contributed by atoms with Gasteiger partial charge < -0.3 is 4.90 Å². The zero-order chi connectivity index (χ0) is 39.6. The van der Waals surface area contributed by atoms with Crippen LogP contribution in [0.15, 0.2) is 237 Å². The van der Waals surface area contributed by atoms with Crippen molar-refractivity contribution >= 4 is 60.2 Å². The van der Waals surface area contributed by atoms with Gasteiger partial charge in [-0.25, -0.2) is 0 Å². The second-order valence-corrected chi connectivity index (χ2v) is 16.1. The van der Waals surface area contributed by atoms with Crippen LogP contribution in [0.3, 0.4) is 0 Å². The Hall–Kier alpha value is -7.74. The average molecular weight is 762 g/mol. The minimum absolute atomic E-state index is 0.496. The third-order valence-electron chi connectivity index (χ3n) is 12.9. The topological polar surface area (TPSA) is 3.24 Å². The molecule has 60 heavy (non-hydrogen) atoms. The number of nitrogens with zero attached hydrogens (tertiary/aromatic N) is 1. The van der Waals surface area contributed by atoms with E-state index in [9.17, 15) is 0 Å². The van der Waals surface area contributed by atoms with Gasteiger partial charge in [-0.15, -0.1) is 0 Å². The Morgan fingerprint density at radius 2 is 0.733 bits per heavy atom. The Morgan fingerprint density at radius 3 is 1.42 bits per heavy atom. The molecule has 0 fully saturated rings. The van der Waals surface area contributed by atoms with Crippen molar-refractivity contribution in [3.8, 4) is 22.3 Å². The molecule has 0 aliphatic heterocycles. The minimum Gasteiger partial charge on any atom is -0.310 e. The summed E-state index contributed by atoms with van der Waals surface area (Å²) < 4.78 is 0. The van der Waals surface area contributed by atoms with E-state index in [4.69, 9.17) is 0 Å². The number of anilines is 3. The monoisotopic (exact) mass is 761 g/mol. The Balaban J connectivity index is 1.05. The zero-order valence-electron chi connectivity index (χ0n) is 33.0. The maximum Gasteiger partial charge on any atom is 0.0714 e. The van der Waals surface area contributed by atoms with Gasteiger partial charge in [0.1, 0.15) is 0 Å². The van der Waals surface area contributed by atoms with E-state index < -0.39 is 5.41 Å². The molecular weight excluding hydrogens is 723 g/mol. The predicted molar refractivity (Wildman–Crippen MR) is 254 cm³/mol. The fourth-order valence-corrected chi connectivity index (χ4v) is 10.2. The molecule has 0 radical (unpaired) electrons. The number of rotatable bonds is 6. The Kier molecular flexibility index (Phi) is 7.83. The van der Waals surface area contributed by atoms with E-state index in [0.717, 1.165) is 17.1 Å². The van der Waals surface area contributed by atoms with Crippen LogP contribution >= 0.6 is 0 Å². The molecule has 0 aromatic heterocycles. The molecule has 0 spiro atoms. The summed E-state index contributed by atoms with van der Waals surface area (Å²) >= 11 is 0. The summed E-state index contributed by atoms with van der Waals surface area (Å²) in [7, 11) is 0. The van der Waals surface area contributed by atoms with Gasteiger partial charge in [0, 0.05) is 17.1 Å². The largest absolute Gasteiger partial charge is 0.310 e. The van der Waals surface area contributed by atoms with Crippen LogP contribution in [0.4, 0.5) is 17.1 Å². The molecule has 0 heterocycles. The van der Waals surface area contributed by atoms with Gasteiger partial charge in [-0.2, -0.15) is 0 Å². The lowest BCUT2D eigenvalue weighted by molar-refractivity contribution is 0.768. The van der Waals surface area contributed by atoms with Crippen molar-refractivity contribution in [2.24, 2.45) is 0 Å². The predicted octanol–water partition coefficient (Wildman–Crippen LogP) is 15.8. The summed E-state index contributed by atoms with van der Waals surface area (Å²) in [6.45, 7) is 0. The molecule has 280 valence electrons. The van der Waals surface area contributed by atoms with Crippen molar-refractivity contribution in [2.75, 3.05) is 4.90 Å². The minimum atomic E-state index is -0.496. The highest BCUT2D eigenvalue weighted by atomic mass is 15.1. The van der Waals surface area contributed by atoms with Crippen LogP contribution in [0.1, 0.15) is 22.3 Å². The van der Waals surface area contributed by atoms with Crippen LogP contribution in [0, 0.1) is 0 Å². The van der Waals surface area contributed by atoms with Crippen molar-refractivity contribution in [1.29, 1.82) is 0 Å². The summed E-state index contributed by atoms with van der Waals surface area (Å²) in [6.07, 6.45) is 0. The first kappa shape index (κ1) is 34.3. The van der Waals surface area contributed by atoms with Crippen molar-refractivity contribution in [3.05, 3.63) is 259 Å². The quantitative estimate of drug-likeness (QED) is 0.153. The fraction of sp³-hybridized carbons (Fsp3) is 0.0169. The van der Waals surface area contributed by atoms with E-state index in [1.165, 1.54) is 87.6 Å². The average Bonchev–Trinajstić information content (AvgIpc) is 3.62. The van der Waals surface area contributed by atoms with Crippen LogP contribution in [0.5, 0.6) is 0 Å². The SMILES string of the molecule is c1ccc(C2(c3ccccc3)c3ccccc3-c3ccc(N(c4ccc(-c5ccc6c(ccc7ccccc76)c5)cc4)c4ccc5c(ccc6ccccc65)c4)cc32)cc1. The van der Waals surface area contributed by atoms with Crippen molar-refractivity contribution in [3.63, 3.8) is 0 Å². The normalized spacial score (nSPS) is 12.8. The molecular formula is C59H39N. The van der Waals surface area contributed by atoms with Crippen LogP contribution in [0.2, 0.25) is 0 Å². The number of benzene rings is 11. The lowest BCUT2D eigenvalue weighted by Gasteiger charge is -2.35. The number of hydrogen-bond acceptors (Lipinski definition) is 1. The molecule has 0 atom stereocenters. The summed E-state index contributed by atoms with van der Waals surface area (Å²) in [5, 5.41) is 10.1. The first-order chi connectivity index (χ1) is 29.7. The van der Waals surface area contributed by atoms with Crippen LogP contribution in [-0.4, -0.2) is 0 Å². The summed E-state index contributed by atoms with van der Waals surface area (Å²) in [5.41, 5.74) is 12.9. The van der Waals surface area contributed by atoms with Gasteiger partial charge in [0.15, 0.2) is 0 Å². The highest BCUT2D eigenvalue weighted by Crippen LogP contribution is 2.57. The first-order valence-electron chi connectivity index (χ1n) is 20.8. The second-order valence-electron chi connectivity index (χ2n) is 16.1. The Labute approximate surface area is 350 Å².